The van der Waals surface area contributed by atoms with Crippen LogP contribution in [0.25, 0.3) is 0 Å². The van der Waals surface area contributed by atoms with E-state index in [0.29, 0.717) is 0 Å². The molecule has 1 radical (unpaired) electrons. The maximum absolute atomic E-state index is 8.58. The van der Waals surface area contributed by atoms with Crippen LogP contribution in [0.15, 0.2) is 0 Å². The fourth-order valence-electron chi connectivity index (χ4n) is 0. The molecule has 0 saturated heterocycles. The van der Waals surface area contributed by atoms with E-state index in [0.717, 1.165) is 0 Å². The van der Waals surface area contributed by atoms with Gasteiger partial charge in [-0.05, 0) is 0 Å². The topological polar surface area (TPSA) is 92.2 Å². The van der Waals surface area contributed by atoms with Crippen molar-refractivity contribution >= 4 is 18.9 Å². The van der Waals surface area contributed by atoms with Gasteiger partial charge in [-0.25, -0.2) is 0 Å². The maximum Gasteiger partial charge on any atom is 4.00 e. The van der Waals surface area contributed by atoms with Gasteiger partial charge in [-0.2, -0.15) is 0 Å². The third-order valence-electron chi connectivity index (χ3n) is 0. The molecule has 0 spiro atoms. The smallest absolute Gasteiger partial charge is 0.894 e. The molecule has 0 aliphatic carbocycles. The molecule has 6 heteroatoms. The summed E-state index contributed by atoms with van der Waals surface area (Å²) in [4.78, 5) is 34.3. The molecular formula is O4PSi. The van der Waals surface area contributed by atoms with Gasteiger partial charge in [-0.1, -0.05) is 0 Å². The monoisotopic (exact) mass is 123 g/mol. The van der Waals surface area contributed by atoms with E-state index >= 15 is 0 Å². The molecule has 0 heterocycles. The summed E-state index contributed by atoms with van der Waals surface area (Å²) >= 11 is 0. The van der Waals surface area contributed by atoms with Gasteiger partial charge in [0, 0.05) is 0 Å². The van der Waals surface area contributed by atoms with Crippen LogP contribution >= 0.6 is 9.90 Å². The molecule has 6 heavy (non-hydrogen) atoms. The molecule has 0 bridgehead atoms. The van der Waals surface area contributed by atoms with Crippen molar-refractivity contribution in [2.75, 3.05) is 0 Å². The van der Waals surface area contributed by atoms with E-state index in [1.807, 2.05) is 0 Å². The predicted octanol–water partition coefficient (Wildman–Crippen LogP) is -4.28. The van der Waals surface area contributed by atoms with Crippen molar-refractivity contribution in [3.8, 4) is 0 Å². The second-order valence-electron chi connectivity index (χ2n) is 0.500. The number of hydrogen-bond donors (Lipinski definition) is 0. The van der Waals surface area contributed by atoms with Crippen LogP contribution in [-0.4, -0.2) is 9.05 Å². The number of rotatable bonds is 0. The fraction of sp³-hybridized carbons (Fsp3) is 0. The Kier molecular flexibility index (Phi) is 4.24. The van der Waals surface area contributed by atoms with Crippen molar-refractivity contribution in [1.82, 2.24) is 0 Å². The number of hydrogen-bond acceptors (Lipinski definition) is 4. The quantitative estimate of drug-likeness (QED) is 0.241. The zero-order chi connectivity index (χ0) is 4.50. The maximum atomic E-state index is 8.58. The summed E-state index contributed by atoms with van der Waals surface area (Å²) in [5.74, 6) is 0. The molecule has 0 aromatic carbocycles. The molecule has 0 unspecified atom stereocenters. The molecule has 0 atom stereocenters. The molecule has 0 amide bonds. The molecule has 0 N–H and O–H groups in total. The second kappa shape index (κ2) is 2.63. The normalized spacial score (nSPS) is 10.0. The molecule has 0 aliphatic rings. The average Bonchev–Trinajstić information content (AvgIpc) is 0.722. The molecule has 0 fully saturated rings. The van der Waals surface area contributed by atoms with Crippen LogP contribution in [0.1, 0.15) is 0 Å². The van der Waals surface area contributed by atoms with Crippen LogP contribution in [0.2, 0.25) is 0 Å². The van der Waals surface area contributed by atoms with E-state index in [1.165, 1.54) is 0 Å². The molecule has 33 valence electrons. The molecule has 0 rings (SSSR count). The van der Waals surface area contributed by atoms with Gasteiger partial charge in [0.1, 0.15) is 0 Å². The van der Waals surface area contributed by atoms with E-state index in [1.54, 1.807) is 0 Å². The summed E-state index contributed by atoms with van der Waals surface area (Å²) in [6.07, 6.45) is 0. The first-order valence-corrected chi connectivity index (χ1v) is 2.45. The van der Waals surface area contributed by atoms with Crippen molar-refractivity contribution in [1.29, 1.82) is 0 Å². The average molecular weight is 123 g/mol. The summed E-state index contributed by atoms with van der Waals surface area (Å²) < 4.78 is 0. The fourth-order valence-corrected chi connectivity index (χ4v) is 0. The molecule has 0 saturated carbocycles. The van der Waals surface area contributed by atoms with Crippen molar-refractivity contribution in [2.24, 2.45) is 0 Å². The van der Waals surface area contributed by atoms with Crippen LogP contribution in [0.3, 0.4) is 0 Å². The largest absolute Gasteiger partial charge is 4.00 e. The predicted molar refractivity (Wildman–Crippen MR) is 12.7 cm³/mol. The van der Waals surface area contributed by atoms with Crippen LogP contribution in [0.5, 0.6) is 0 Å². The Morgan fingerprint density at radius 1 is 0.833 bits per heavy atom. The van der Waals surface area contributed by atoms with Gasteiger partial charge >= 0.3 is 9.90 Å². The Labute approximate surface area is 39.2 Å². The zero-order valence-electron chi connectivity index (χ0n) is 2.58. The van der Waals surface area contributed by atoms with Crippen LogP contribution in [0.4, 0.5) is 0 Å². The zero-order valence-corrected chi connectivity index (χ0v) is 4.47. The van der Waals surface area contributed by atoms with E-state index in [9.17, 15) is 0 Å². The molecule has 0 aliphatic heterocycles. The molecule has 0 aromatic rings. The molecule has 0 aromatic heterocycles. The SMILES string of the molecule is [O-][Si]([O-])([O-])[O-].[P+4]. The molecule has 4 nitrogen and oxygen atoms in total. The summed E-state index contributed by atoms with van der Waals surface area (Å²) in [6.45, 7) is 0. The van der Waals surface area contributed by atoms with Crippen molar-refractivity contribution < 1.29 is 19.2 Å². The van der Waals surface area contributed by atoms with Crippen molar-refractivity contribution in [2.45, 2.75) is 0 Å². The minimum atomic E-state index is -5.61. The van der Waals surface area contributed by atoms with Gasteiger partial charge in [-0.3, -0.25) is 0 Å². The minimum Gasteiger partial charge on any atom is -0.894 e. The van der Waals surface area contributed by atoms with Gasteiger partial charge < -0.3 is 28.2 Å². The van der Waals surface area contributed by atoms with Gasteiger partial charge in [0.15, 0.2) is 0 Å². The summed E-state index contributed by atoms with van der Waals surface area (Å²) in [5.41, 5.74) is 0. The van der Waals surface area contributed by atoms with E-state index in [4.69, 9.17) is 19.2 Å². The van der Waals surface area contributed by atoms with Crippen molar-refractivity contribution in [3.05, 3.63) is 0 Å². The first-order valence-electron chi connectivity index (χ1n) is 0.816. The first-order chi connectivity index (χ1) is 2.00. The van der Waals surface area contributed by atoms with Gasteiger partial charge in [0.25, 0.3) is 0 Å². The van der Waals surface area contributed by atoms with Crippen molar-refractivity contribution in [3.63, 3.8) is 0 Å². The minimum absolute atomic E-state index is 0. The van der Waals surface area contributed by atoms with Crippen LogP contribution < -0.4 is 19.2 Å². The van der Waals surface area contributed by atoms with E-state index < -0.39 is 9.05 Å². The van der Waals surface area contributed by atoms with E-state index in [-0.39, 0.29) is 9.90 Å². The second-order valence-corrected chi connectivity index (χ2v) is 1.50. The molecular weight excluding hydrogens is 123 g/mol. The van der Waals surface area contributed by atoms with Gasteiger partial charge in [-0.15, -0.1) is 0 Å². The third kappa shape index (κ3) is 230. The Bertz CT molecular complexity index is 23.0. The Morgan fingerprint density at radius 3 is 0.833 bits per heavy atom. The summed E-state index contributed by atoms with van der Waals surface area (Å²) in [6, 6.07) is 0. The van der Waals surface area contributed by atoms with Crippen LogP contribution in [-0.2, 0) is 0 Å². The van der Waals surface area contributed by atoms with Gasteiger partial charge in [0.05, 0.1) is 0 Å². The van der Waals surface area contributed by atoms with Crippen LogP contribution in [0, 0.1) is 0 Å². The summed E-state index contributed by atoms with van der Waals surface area (Å²) in [5, 5.41) is 0. The Balaban J connectivity index is 0. The first kappa shape index (κ1) is 9.70. The Morgan fingerprint density at radius 2 is 0.833 bits per heavy atom. The van der Waals surface area contributed by atoms with E-state index in [2.05, 4.69) is 0 Å². The summed E-state index contributed by atoms with van der Waals surface area (Å²) in [7, 11) is -5.61. The standard InChI is InChI=1S/O4Si.P/c1-5(2,3)4;/q-4;+4. The Hall–Kier alpha value is 0.487. The van der Waals surface area contributed by atoms with Gasteiger partial charge in [0.2, 0.25) is 0 Å². The third-order valence-corrected chi connectivity index (χ3v) is 0.